The molecule has 2 N–H and O–H groups in total. The first-order chi connectivity index (χ1) is 6.74. The van der Waals surface area contributed by atoms with E-state index in [4.69, 9.17) is 5.73 Å². The lowest BCUT2D eigenvalue weighted by atomic mass is 10.1. The van der Waals surface area contributed by atoms with Crippen molar-refractivity contribution in [1.29, 1.82) is 0 Å². The predicted octanol–water partition coefficient (Wildman–Crippen LogP) is 2.91. The number of unbranched alkanes of at least 4 members (excludes halogenated alkanes) is 1. The highest BCUT2D eigenvalue weighted by atomic mass is 19.3. The Labute approximate surface area is 82.9 Å². The lowest BCUT2D eigenvalue weighted by Gasteiger charge is -2.02. The lowest BCUT2D eigenvalue weighted by molar-refractivity contribution is 0.151. The molecule has 0 atom stereocenters. The second-order valence-electron chi connectivity index (χ2n) is 3.29. The molecule has 0 aliphatic heterocycles. The van der Waals surface area contributed by atoms with Crippen LogP contribution in [0.4, 0.5) is 8.78 Å². The lowest BCUT2D eigenvalue weighted by Crippen LogP contribution is -1.99. The molecule has 0 saturated carbocycles. The smallest absolute Gasteiger partial charge is 0.263 e. The van der Waals surface area contributed by atoms with Crippen LogP contribution in [0.25, 0.3) is 0 Å². The SMILES string of the molecule is NCCCCc1ccc(C(F)F)cc1. The van der Waals surface area contributed by atoms with Gasteiger partial charge in [-0.05, 0) is 31.4 Å². The largest absolute Gasteiger partial charge is 0.330 e. The van der Waals surface area contributed by atoms with Gasteiger partial charge in [0.05, 0.1) is 0 Å². The summed E-state index contributed by atoms with van der Waals surface area (Å²) in [5, 5.41) is 0. The van der Waals surface area contributed by atoms with Gasteiger partial charge in [-0.1, -0.05) is 24.3 Å². The molecule has 0 unspecified atom stereocenters. The molecule has 14 heavy (non-hydrogen) atoms. The summed E-state index contributed by atoms with van der Waals surface area (Å²) in [5.41, 5.74) is 6.55. The summed E-state index contributed by atoms with van der Waals surface area (Å²) in [6.45, 7) is 0.690. The zero-order chi connectivity index (χ0) is 10.4. The van der Waals surface area contributed by atoms with Crippen molar-refractivity contribution >= 4 is 0 Å². The van der Waals surface area contributed by atoms with E-state index >= 15 is 0 Å². The molecule has 0 amide bonds. The van der Waals surface area contributed by atoms with Crippen LogP contribution in [0.2, 0.25) is 0 Å². The van der Waals surface area contributed by atoms with Gasteiger partial charge in [0, 0.05) is 5.56 Å². The molecule has 0 saturated heterocycles. The highest BCUT2D eigenvalue weighted by molar-refractivity contribution is 5.23. The van der Waals surface area contributed by atoms with Crippen LogP contribution in [0.3, 0.4) is 0 Å². The van der Waals surface area contributed by atoms with Crippen LogP contribution < -0.4 is 5.73 Å². The Morgan fingerprint density at radius 2 is 1.71 bits per heavy atom. The van der Waals surface area contributed by atoms with E-state index in [1.807, 2.05) is 0 Å². The van der Waals surface area contributed by atoms with Crippen molar-refractivity contribution in [2.75, 3.05) is 6.54 Å². The Morgan fingerprint density at radius 3 is 2.21 bits per heavy atom. The molecule has 1 aromatic carbocycles. The van der Waals surface area contributed by atoms with Crippen molar-refractivity contribution in [3.63, 3.8) is 0 Å². The molecule has 0 fully saturated rings. The van der Waals surface area contributed by atoms with Gasteiger partial charge < -0.3 is 5.73 Å². The Hall–Kier alpha value is -0.960. The minimum absolute atomic E-state index is 0.0903. The van der Waals surface area contributed by atoms with Crippen LogP contribution >= 0.6 is 0 Å². The van der Waals surface area contributed by atoms with Gasteiger partial charge in [0.25, 0.3) is 6.43 Å². The van der Waals surface area contributed by atoms with E-state index in [0.717, 1.165) is 24.8 Å². The highest BCUT2D eigenvalue weighted by Crippen LogP contribution is 2.19. The molecule has 1 aromatic rings. The maximum Gasteiger partial charge on any atom is 0.263 e. The van der Waals surface area contributed by atoms with Crippen molar-refractivity contribution in [2.24, 2.45) is 5.73 Å². The van der Waals surface area contributed by atoms with Crippen LogP contribution in [0.5, 0.6) is 0 Å². The number of alkyl halides is 2. The maximum atomic E-state index is 12.2. The van der Waals surface area contributed by atoms with Crippen LogP contribution in [0.1, 0.15) is 30.4 Å². The highest BCUT2D eigenvalue weighted by Gasteiger charge is 2.05. The first kappa shape index (κ1) is 11.1. The molecule has 1 nitrogen and oxygen atoms in total. The first-order valence-corrected chi connectivity index (χ1v) is 4.81. The van der Waals surface area contributed by atoms with E-state index in [9.17, 15) is 8.78 Å². The summed E-state index contributed by atoms with van der Waals surface area (Å²) in [6.07, 6.45) is 0.551. The Morgan fingerprint density at radius 1 is 1.07 bits per heavy atom. The number of nitrogens with two attached hydrogens (primary N) is 1. The van der Waals surface area contributed by atoms with Gasteiger partial charge in [0.1, 0.15) is 0 Å². The number of hydrogen-bond donors (Lipinski definition) is 1. The van der Waals surface area contributed by atoms with Crippen molar-refractivity contribution in [1.82, 2.24) is 0 Å². The summed E-state index contributed by atoms with van der Waals surface area (Å²) < 4.78 is 24.4. The normalized spacial score (nSPS) is 10.9. The molecule has 0 heterocycles. The van der Waals surface area contributed by atoms with Crippen molar-refractivity contribution < 1.29 is 8.78 Å². The number of rotatable bonds is 5. The predicted molar refractivity (Wildman–Crippen MR) is 53.4 cm³/mol. The third-order valence-corrected chi connectivity index (χ3v) is 2.15. The molecule has 78 valence electrons. The molecule has 1 rings (SSSR count). The summed E-state index contributed by atoms with van der Waals surface area (Å²) in [7, 11) is 0. The van der Waals surface area contributed by atoms with E-state index in [2.05, 4.69) is 0 Å². The minimum atomic E-state index is -2.37. The summed E-state index contributed by atoms with van der Waals surface area (Å²) in [5.74, 6) is 0. The second-order valence-corrected chi connectivity index (χ2v) is 3.29. The van der Waals surface area contributed by atoms with E-state index in [1.54, 1.807) is 12.1 Å². The molecular formula is C11H15F2N. The van der Waals surface area contributed by atoms with Gasteiger partial charge >= 0.3 is 0 Å². The molecule has 0 aliphatic rings. The fraction of sp³-hybridized carbons (Fsp3) is 0.455. The molecule has 0 bridgehead atoms. The van der Waals surface area contributed by atoms with Gasteiger partial charge in [-0.15, -0.1) is 0 Å². The van der Waals surface area contributed by atoms with Gasteiger partial charge in [0.2, 0.25) is 0 Å². The molecule has 0 aromatic heterocycles. The number of aryl methyl sites for hydroxylation is 1. The molecular weight excluding hydrogens is 184 g/mol. The van der Waals surface area contributed by atoms with Crippen molar-refractivity contribution in [3.8, 4) is 0 Å². The van der Waals surface area contributed by atoms with Crippen molar-refractivity contribution in [3.05, 3.63) is 35.4 Å². The van der Waals surface area contributed by atoms with E-state index in [1.165, 1.54) is 12.1 Å². The molecule has 3 heteroatoms. The van der Waals surface area contributed by atoms with Gasteiger partial charge in [-0.2, -0.15) is 0 Å². The van der Waals surface area contributed by atoms with Gasteiger partial charge in [0.15, 0.2) is 0 Å². The third kappa shape index (κ3) is 3.42. The van der Waals surface area contributed by atoms with E-state index in [0.29, 0.717) is 6.54 Å². The second kappa shape index (κ2) is 5.70. The summed E-state index contributed by atoms with van der Waals surface area (Å²) in [4.78, 5) is 0. The van der Waals surface area contributed by atoms with E-state index in [-0.39, 0.29) is 5.56 Å². The van der Waals surface area contributed by atoms with Crippen molar-refractivity contribution in [2.45, 2.75) is 25.7 Å². The number of hydrogen-bond acceptors (Lipinski definition) is 1. The monoisotopic (exact) mass is 199 g/mol. The minimum Gasteiger partial charge on any atom is -0.330 e. The van der Waals surface area contributed by atoms with Gasteiger partial charge in [-0.3, -0.25) is 0 Å². The Kier molecular flexibility index (Phi) is 4.53. The van der Waals surface area contributed by atoms with Crippen LogP contribution in [0, 0.1) is 0 Å². The topological polar surface area (TPSA) is 26.0 Å². The van der Waals surface area contributed by atoms with Crippen LogP contribution in [0.15, 0.2) is 24.3 Å². The average molecular weight is 199 g/mol. The maximum absolute atomic E-state index is 12.2. The standard InChI is InChI=1S/C11H15F2N/c12-11(13)10-6-4-9(5-7-10)3-1-2-8-14/h4-7,11H,1-3,8,14H2. The van der Waals surface area contributed by atoms with Crippen LogP contribution in [-0.4, -0.2) is 6.54 Å². The fourth-order valence-electron chi connectivity index (χ4n) is 1.30. The molecule has 0 radical (unpaired) electrons. The average Bonchev–Trinajstić information content (AvgIpc) is 2.19. The third-order valence-electron chi connectivity index (χ3n) is 2.15. The number of benzene rings is 1. The molecule has 0 spiro atoms. The zero-order valence-electron chi connectivity index (χ0n) is 8.05. The first-order valence-electron chi connectivity index (χ1n) is 4.81. The zero-order valence-corrected chi connectivity index (χ0v) is 8.05. The van der Waals surface area contributed by atoms with Crippen LogP contribution in [-0.2, 0) is 6.42 Å². The summed E-state index contributed by atoms with van der Waals surface area (Å²) in [6, 6.07) is 6.50. The fourth-order valence-corrected chi connectivity index (χ4v) is 1.30. The van der Waals surface area contributed by atoms with Gasteiger partial charge in [-0.25, -0.2) is 8.78 Å². The quantitative estimate of drug-likeness (QED) is 0.725. The Bertz CT molecular complexity index is 256. The Balaban J connectivity index is 2.47. The van der Waals surface area contributed by atoms with E-state index < -0.39 is 6.43 Å². The summed E-state index contributed by atoms with van der Waals surface area (Å²) >= 11 is 0. The molecule has 0 aliphatic carbocycles. The number of halogens is 2.